The van der Waals surface area contributed by atoms with Crippen molar-refractivity contribution in [1.29, 1.82) is 0 Å². The maximum Gasteiger partial charge on any atom is 0.267 e. The van der Waals surface area contributed by atoms with Crippen molar-refractivity contribution in [2.24, 2.45) is 5.10 Å². The molecule has 1 amide bonds. The fourth-order valence-corrected chi connectivity index (χ4v) is 6.41. The molecular formula is C25H21BrN4O3S2. The van der Waals surface area contributed by atoms with Crippen LogP contribution in [0.15, 0.2) is 68.1 Å². The van der Waals surface area contributed by atoms with Crippen molar-refractivity contribution >= 4 is 61.4 Å². The fraction of sp³-hybridized carbons (Fsp3) is 0.200. The van der Waals surface area contributed by atoms with Crippen LogP contribution >= 0.6 is 39.0 Å². The van der Waals surface area contributed by atoms with Gasteiger partial charge >= 0.3 is 0 Å². The second kappa shape index (κ2) is 10.3. The summed E-state index contributed by atoms with van der Waals surface area (Å²) in [6.45, 7) is 0. The Morgan fingerprint density at radius 2 is 1.97 bits per heavy atom. The summed E-state index contributed by atoms with van der Waals surface area (Å²) in [5, 5.41) is 14.9. The number of thioether (sulfide) groups is 1. The molecule has 2 heterocycles. The zero-order valence-corrected chi connectivity index (χ0v) is 21.8. The Bertz CT molecular complexity index is 1500. The van der Waals surface area contributed by atoms with E-state index >= 15 is 0 Å². The first-order chi connectivity index (χ1) is 17.0. The number of aromatic hydroxyl groups is 1. The number of aromatic nitrogens is 2. The Morgan fingerprint density at radius 3 is 2.77 bits per heavy atom. The molecule has 0 unspecified atom stereocenters. The van der Waals surface area contributed by atoms with E-state index in [0.29, 0.717) is 21.8 Å². The van der Waals surface area contributed by atoms with Crippen LogP contribution in [-0.2, 0) is 17.6 Å². The monoisotopic (exact) mass is 568 g/mol. The Hall–Kier alpha value is -2.95. The minimum Gasteiger partial charge on any atom is -0.507 e. The van der Waals surface area contributed by atoms with Crippen molar-refractivity contribution in [2.75, 3.05) is 5.75 Å². The molecule has 0 saturated carbocycles. The molecular weight excluding hydrogens is 548 g/mol. The molecule has 4 aromatic rings. The molecule has 7 nitrogen and oxygen atoms in total. The lowest BCUT2D eigenvalue weighted by molar-refractivity contribution is -0.118. The van der Waals surface area contributed by atoms with E-state index in [1.807, 2.05) is 24.3 Å². The van der Waals surface area contributed by atoms with Crippen LogP contribution in [-0.4, -0.2) is 32.5 Å². The Morgan fingerprint density at radius 1 is 1.20 bits per heavy atom. The summed E-state index contributed by atoms with van der Waals surface area (Å²) in [6, 6.07) is 14.2. The number of carbonyl (C=O) groups is 1. The average Bonchev–Trinajstić information content (AvgIpc) is 3.23. The van der Waals surface area contributed by atoms with Gasteiger partial charge in [-0.05, 0) is 67.6 Å². The highest BCUT2D eigenvalue weighted by molar-refractivity contribution is 9.10. The normalized spacial score (nSPS) is 13.3. The second-order valence-corrected chi connectivity index (χ2v) is 11.0. The maximum absolute atomic E-state index is 13.7. The number of aryl methyl sites for hydroxylation is 2. The van der Waals surface area contributed by atoms with Crippen LogP contribution in [0.25, 0.3) is 15.9 Å². The number of benzene rings is 2. The number of hydrogen-bond acceptors (Lipinski definition) is 7. The molecule has 0 bridgehead atoms. The topological polar surface area (TPSA) is 96.6 Å². The minimum atomic E-state index is -0.344. The quantitative estimate of drug-likeness (QED) is 0.147. The third-order valence-electron chi connectivity index (χ3n) is 5.70. The first kappa shape index (κ1) is 23.8. The number of amides is 1. The van der Waals surface area contributed by atoms with Crippen LogP contribution < -0.4 is 11.0 Å². The number of para-hydroxylation sites is 1. The van der Waals surface area contributed by atoms with Crippen molar-refractivity contribution in [3.8, 4) is 11.4 Å². The molecule has 5 rings (SSSR count). The predicted octanol–water partition coefficient (Wildman–Crippen LogP) is 5.04. The largest absolute Gasteiger partial charge is 0.507 e. The highest BCUT2D eigenvalue weighted by Crippen LogP contribution is 2.35. The molecule has 1 aliphatic carbocycles. The molecule has 178 valence electrons. The van der Waals surface area contributed by atoms with Gasteiger partial charge in [-0.2, -0.15) is 5.10 Å². The number of hydrazone groups is 1. The molecule has 2 aromatic carbocycles. The summed E-state index contributed by atoms with van der Waals surface area (Å²) in [4.78, 5) is 33.0. The number of nitrogens with zero attached hydrogens (tertiary/aromatic N) is 3. The van der Waals surface area contributed by atoms with E-state index in [0.717, 1.165) is 40.5 Å². The van der Waals surface area contributed by atoms with Crippen LogP contribution in [0.2, 0.25) is 0 Å². The molecule has 0 radical (unpaired) electrons. The van der Waals surface area contributed by atoms with Gasteiger partial charge in [0.05, 0.1) is 23.0 Å². The summed E-state index contributed by atoms with van der Waals surface area (Å²) in [6.07, 6.45) is 5.47. The van der Waals surface area contributed by atoms with E-state index in [1.54, 1.807) is 40.2 Å². The molecule has 10 heteroatoms. The van der Waals surface area contributed by atoms with Gasteiger partial charge in [0, 0.05) is 14.9 Å². The lowest BCUT2D eigenvalue weighted by Gasteiger charge is -2.13. The van der Waals surface area contributed by atoms with Crippen molar-refractivity contribution < 1.29 is 9.90 Å². The summed E-state index contributed by atoms with van der Waals surface area (Å²) >= 11 is 6.22. The number of thiophene rings is 1. The molecule has 0 aliphatic heterocycles. The summed E-state index contributed by atoms with van der Waals surface area (Å²) in [5.41, 5.74) is 4.70. The van der Waals surface area contributed by atoms with Crippen molar-refractivity contribution in [1.82, 2.24) is 15.0 Å². The minimum absolute atomic E-state index is 0.0255. The zero-order valence-electron chi connectivity index (χ0n) is 18.5. The molecule has 35 heavy (non-hydrogen) atoms. The standard InChI is InChI=1S/C25H21BrN4O3S2/c26-16-9-11-17(12-10-16)30-24(33)22-18-6-2-4-8-20(18)35-23(22)28-25(30)34-14-21(32)29-27-13-15-5-1-3-7-19(15)31/h1,3,5,7,9-13,31H,2,4,6,8,14H2,(H,29,32). The van der Waals surface area contributed by atoms with E-state index in [4.69, 9.17) is 4.98 Å². The predicted molar refractivity (Wildman–Crippen MR) is 144 cm³/mol. The Balaban J connectivity index is 1.44. The first-order valence-corrected chi connectivity index (χ1v) is 13.7. The molecule has 0 spiro atoms. The third-order valence-corrected chi connectivity index (χ3v) is 8.36. The number of rotatable bonds is 6. The molecule has 0 saturated heterocycles. The van der Waals surface area contributed by atoms with E-state index in [2.05, 4.69) is 26.5 Å². The number of nitrogens with one attached hydrogen (secondary N) is 1. The van der Waals surface area contributed by atoms with Crippen molar-refractivity contribution in [3.05, 3.63) is 79.4 Å². The number of phenols is 1. The van der Waals surface area contributed by atoms with Crippen LogP contribution in [0.3, 0.4) is 0 Å². The second-order valence-electron chi connectivity index (χ2n) is 8.04. The van der Waals surface area contributed by atoms with Gasteiger partial charge in [-0.25, -0.2) is 10.4 Å². The van der Waals surface area contributed by atoms with Crippen LogP contribution in [0.1, 0.15) is 28.8 Å². The highest BCUT2D eigenvalue weighted by atomic mass is 79.9. The summed E-state index contributed by atoms with van der Waals surface area (Å²) in [5.74, 6) is -0.240. The first-order valence-electron chi connectivity index (χ1n) is 11.1. The number of hydrogen-bond donors (Lipinski definition) is 2. The number of fused-ring (bicyclic) bond motifs is 3. The van der Waals surface area contributed by atoms with Gasteiger partial charge in [0.25, 0.3) is 11.5 Å². The molecule has 2 aromatic heterocycles. The van der Waals surface area contributed by atoms with Gasteiger partial charge in [-0.15, -0.1) is 11.3 Å². The number of phenolic OH excluding ortho intramolecular Hbond substituents is 1. The fourth-order valence-electron chi connectivity index (χ4n) is 4.03. The van der Waals surface area contributed by atoms with Gasteiger partial charge in [0.2, 0.25) is 0 Å². The SMILES string of the molecule is O=C(CSc1nc2sc3c(c2c(=O)n1-c1ccc(Br)cc1)CCCC3)NN=Cc1ccccc1O. The van der Waals surface area contributed by atoms with Crippen LogP contribution in [0, 0.1) is 0 Å². The van der Waals surface area contributed by atoms with Crippen LogP contribution in [0.4, 0.5) is 0 Å². The van der Waals surface area contributed by atoms with E-state index < -0.39 is 0 Å². The van der Waals surface area contributed by atoms with E-state index in [-0.39, 0.29) is 23.0 Å². The Labute approximate surface area is 218 Å². The zero-order chi connectivity index (χ0) is 24.4. The molecule has 2 N–H and O–H groups in total. The number of carbonyl (C=O) groups excluding carboxylic acids is 1. The average molecular weight is 570 g/mol. The lowest BCUT2D eigenvalue weighted by Crippen LogP contribution is -2.24. The lowest BCUT2D eigenvalue weighted by atomic mass is 9.97. The van der Waals surface area contributed by atoms with Crippen molar-refractivity contribution in [3.63, 3.8) is 0 Å². The molecule has 0 fully saturated rings. The smallest absolute Gasteiger partial charge is 0.267 e. The summed E-state index contributed by atoms with van der Waals surface area (Å²) < 4.78 is 2.51. The molecule has 0 atom stereocenters. The van der Waals surface area contributed by atoms with E-state index in [1.165, 1.54) is 22.9 Å². The Kier molecular flexibility index (Phi) is 7.03. The molecule has 1 aliphatic rings. The van der Waals surface area contributed by atoms with Gasteiger partial charge < -0.3 is 5.11 Å². The number of halogens is 1. The summed E-state index contributed by atoms with van der Waals surface area (Å²) in [7, 11) is 0. The van der Waals surface area contributed by atoms with Gasteiger partial charge in [0.15, 0.2) is 5.16 Å². The van der Waals surface area contributed by atoms with Gasteiger partial charge in [-0.1, -0.05) is 39.8 Å². The van der Waals surface area contributed by atoms with Crippen molar-refractivity contribution in [2.45, 2.75) is 30.8 Å². The maximum atomic E-state index is 13.7. The van der Waals surface area contributed by atoms with Gasteiger partial charge in [-0.3, -0.25) is 14.2 Å². The van der Waals surface area contributed by atoms with E-state index in [9.17, 15) is 14.7 Å². The third kappa shape index (κ3) is 5.05. The highest BCUT2D eigenvalue weighted by Gasteiger charge is 2.23. The van der Waals surface area contributed by atoms with Crippen LogP contribution in [0.5, 0.6) is 5.75 Å². The van der Waals surface area contributed by atoms with Gasteiger partial charge in [0.1, 0.15) is 10.6 Å².